The molecule has 21 heavy (non-hydrogen) atoms. The molecule has 0 amide bonds. The number of benzene rings is 2. The van der Waals surface area contributed by atoms with Crippen molar-refractivity contribution in [3.63, 3.8) is 0 Å². The molecule has 0 atom stereocenters. The molecule has 2 aromatic carbocycles. The van der Waals surface area contributed by atoms with Gasteiger partial charge in [0.1, 0.15) is 11.6 Å². The van der Waals surface area contributed by atoms with Crippen LogP contribution in [0.25, 0.3) is 0 Å². The molecular weight excluding hydrogens is 273 g/mol. The zero-order valence-electron chi connectivity index (χ0n) is 11.4. The second kappa shape index (κ2) is 7.28. The van der Waals surface area contributed by atoms with E-state index in [9.17, 15) is 9.18 Å². The molecule has 2 N–H and O–H groups in total. The predicted molar refractivity (Wildman–Crippen MR) is 77.6 cm³/mol. The van der Waals surface area contributed by atoms with E-state index < -0.39 is 11.8 Å². The van der Waals surface area contributed by atoms with Gasteiger partial charge in [-0.05, 0) is 30.3 Å². The Hall–Kier alpha value is -2.56. The molecule has 4 nitrogen and oxygen atoms in total. The summed E-state index contributed by atoms with van der Waals surface area (Å²) in [6.45, 7) is 0.630. The lowest BCUT2D eigenvalue weighted by Gasteiger charge is -2.07. The fraction of sp³-hybridized carbons (Fsp3) is 0.188. The molecule has 0 aromatic heterocycles. The van der Waals surface area contributed by atoms with Crippen molar-refractivity contribution in [3.8, 4) is 5.75 Å². The number of halogens is 1. The van der Waals surface area contributed by atoms with Crippen molar-refractivity contribution < 1.29 is 18.7 Å². The Balaban J connectivity index is 1.72. The van der Waals surface area contributed by atoms with E-state index in [-0.39, 0.29) is 17.9 Å². The maximum absolute atomic E-state index is 13.1. The molecular formula is C16H16FNO3. The SMILES string of the molecule is Nc1cc(F)cc(C(=O)OCCCOc2ccccc2)c1. The fourth-order valence-corrected chi connectivity index (χ4v) is 1.74. The van der Waals surface area contributed by atoms with Crippen LogP contribution >= 0.6 is 0 Å². The van der Waals surface area contributed by atoms with Crippen LogP contribution in [-0.4, -0.2) is 19.2 Å². The summed E-state index contributed by atoms with van der Waals surface area (Å²) in [7, 11) is 0. The molecule has 0 fully saturated rings. The molecule has 2 rings (SSSR count). The van der Waals surface area contributed by atoms with E-state index in [2.05, 4.69) is 0 Å². The normalized spacial score (nSPS) is 10.1. The average Bonchev–Trinajstić information content (AvgIpc) is 2.47. The van der Waals surface area contributed by atoms with Crippen LogP contribution < -0.4 is 10.5 Å². The minimum atomic E-state index is -0.596. The summed E-state index contributed by atoms with van der Waals surface area (Å²) >= 11 is 0. The number of carbonyl (C=O) groups is 1. The standard InChI is InChI=1S/C16H16FNO3/c17-13-9-12(10-14(18)11-13)16(19)21-8-4-7-20-15-5-2-1-3-6-15/h1-3,5-6,9-11H,4,7-8,18H2. The Morgan fingerprint density at radius 3 is 2.57 bits per heavy atom. The molecule has 0 aliphatic rings. The molecule has 0 heterocycles. The number of nitrogens with two attached hydrogens (primary N) is 1. The van der Waals surface area contributed by atoms with Gasteiger partial charge in [-0.1, -0.05) is 18.2 Å². The average molecular weight is 289 g/mol. The number of ether oxygens (including phenoxy) is 2. The first-order valence-electron chi connectivity index (χ1n) is 6.56. The van der Waals surface area contributed by atoms with E-state index in [4.69, 9.17) is 15.2 Å². The third-order valence-corrected chi connectivity index (χ3v) is 2.69. The second-order valence-electron chi connectivity index (χ2n) is 4.42. The second-order valence-corrected chi connectivity index (χ2v) is 4.42. The number of hydrogen-bond acceptors (Lipinski definition) is 4. The van der Waals surface area contributed by atoms with Crippen LogP contribution in [0.2, 0.25) is 0 Å². The molecule has 2 aromatic rings. The van der Waals surface area contributed by atoms with Crippen LogP contribution in [0.1, 0.15) is 16.8 Å². The van der Waals surface area contributed by atoms with Gasteiger partial charge in [0, 0.05) is 12.1 Å². The molecule has 0 radical (unpaired) electrons. The van der Waals surface area contributed by atoms with Gasteiger partial charge in [-0.2, -0.15) is 0 Å². The summed E-state index contributed by atoms with van der Waals surface area (Å²) in [4.78, 5) is 11.7. The highest BCUT2D eigenvalue weighted by Crippen LogP contribution is 2.12. The molecule has 0 spiro atoms. The Labute approximate surface area is 122 Å². The van der Waals surface area contributed by atoms with Gasteiger partial charge in [0.05, 0.1) is 18.8 Å². The number of anilines is 1. The third kappa shape index (κ3) is 4.80. The molecule has 110 valence electrons. The molecule has 0 aliphatic heterocycles. The van der Waals surface area contributed by atoms with Gasteiger partial charge < -0.3 is 15.2 Å². The Morgan fingerprint density at radius 2 is 1.86 bits per heavy atom. The predicted octanol–water partition coefficient (Wildman–Crippen LogP) is 3.03. The first-order valence-corrected chi connectivity index (χ1v) is 6.56. The van der Waals surface area contributed by atoms with Crippen molar-refractivity contribution in [2.75, 3.05) is 18.9 Å². The monoisotopic (exact) mass is 289 g/mol. The van der Waals surface area contributed by atoms with Crippen LogP contribution in [0.5, 0.6) is 5.75 Å². The summed E-state index contributed by atoms with van der Waals surface area (Å²) in [5, 5.41) is 0. The van der Waals surface area contributed by atoms with Crippen molar-refractivity contribution in [1.82, 2.24) is 0 Å². The zero-order valence-corrected chi connectivity index (χ0v) is 11.4. The summed E-state index contributed by atoms with van der Waals surface area (Å²) < 4.78 is 23.6. The van der Waals surface area contributed by atoms with Crippen molar-refractivity contribution >= 4 is 11.7 Å². The van der Waals surface area contributed by atoms with Crippen molar-refractivity contribution in [2.45, 2.75) is 6.42 Å². The minimum Gasteiger partial charge on any atom is -0.493 e. The van der Waals surface area contributed by atoms with Gasteiger partial charge in [-0.3, -0.25) is 0 Å². The number of rotatable bonds is 6. The number of para-hydroxylation sites is 1. The molecule has 0 unspecified atom stereocenters. The van der Waals surface area contributed by atoms with E-state index in [1.165, 1.54) is 6.07 Å². The Kier molecular flexibility index (Phi) is 5.15. The van der Waals surface area contributed by atoms with Crippen molar-refractivity contribution in [1.29, 1.82) is 0 Å². The molecule has 0 saturated heterocycles. The fourth-order valence-electron chi connectivity index (χ4n) is 1.74. The highest BCUT2D eigenvalue weighted by molar-refractivity contribution is 5.90. The first kappa shape index (κ1) is 14.8. The van der Waals surface area contributed by atoms with Crippen molar-refractivity contribution in [3.05, 3.63) is 59.9 Å². The summed E-state index contributed by atoms with van der Waals surface area (Å²) in [5.41, 5.74) is 5.77. The summed E-state index contributed by atoms with van der Waals surface area (Å²) in [6.07, 6.45) is 0.547. The van der Waals surface area contributed by atoms with Gasteiger partial charge in [0.15, 0.2) is 0 Å². The van der Waals surface area contributed by atoms with Gasteiger partial charge in [-0.25, -0.2) is 9.18 Å². The number of carbonyl (C=O) groups excluding carboxylic acids is 1. The number of hydrogen-bond donors (Lipinski definition) is 1. The lowest BCUT2D eigenvalue weighted by atomic mass is 10.2. The maximum Gasteiger partial charge on any atom is 0.338 e. The Morgan fingerprint density at radius 1 is 1.10 bits per heavy atom. The van der Waals surface area contributed by atoms with Gasteiger partial charge in [0.25, 0.3) is 0 Å². The smallest absolute Gasteiger partial charge is 0.338 e. The van der Waals surface area contributed by atoms with E-state index >= 15 is 0 Å². The largest absolute Gasteiger partial charge is 0.493 e. The highest BCUT2D eigenvalue weighted by atomic mass is 19.1. The third-order valence-electron chi connectivity index (χ3n) is 2.69. The lowest BCUT2D eigenvalue weighted by molar-refractivity contribution is 0.0485. The van der Waals surface area contributed by atoms with Crippen LogP contribution in [0.15, 0.2) is 48.5 Å². The topological polar surface area (TPSA) is 61.6 Å². The van der Waals surface area contributed by atoms with E-state index in [1.807, 2.05) is 30.3 Å². The summed E-state index contributed by atoms with van der Waals surface area (Å²) in [5.74, 6) is -0.392. The van der Waals surface area contributed by atoms with Gasteiger partial charge in [0.2, 0.25) is 0 Å². The number of nitrogen functional groups attached to an aromatic ring is 1. The molecule has 5 heteroatoms. The van der Waals surface area contributed by atoms with Crippen LogP contribution in [0.3, 0.4) is 0 Å². The lowest BCUT2D eigenvalue weighted by Crippen LogP contribution is -2.10. The van der Waals surface area contributed by atoms with Gasteiger partial charge >= 0.3 is 5.97 Å². The molecule has 0 aliphatic carbocycles. The quantitative estimate of drug-likeness (QED) is 0.504. The van der Waals surface area contributed by atoms with E-state index in [0.717, 1.165) is 17.9 Å². The van der Waals surface area contributed by atoms with E-state index in [1.54, 1.807) is 0 Å². The number of esters is 1. The zero-order chi connectivity index (χ0) is 15.1. The van der Waals surface area contributed by atoms with Crippen LogP contribution in [0, 0.1) is 5.82 Å². The van der Waals surface area contributed by atoms with Crippen molar-refractivity contribution in [2.24, 2.45) is 0 Å². The minimum absolute atomic E-state index is 0.108. The molecule has 0 bridgehead atoms. The van der Waals surface area contributed by atoms with E-state index in [0.29, 0.717) is 13.0 Å². The van der Waals surface area contributed by atoms with Crippen LogP contribution in [0.4, 0.5) is 10.1 Å². The summed E-state index contributed by atoms with van der Waals surface area (Å²) in [6, 6.07) is 13.0. The molecule has 0 saturated carbocycles. The maximum atomic E-state index is 13.1. The Bertz CT molecular complexity index is 581. The first-order chi connectivity index (χ1) is 10.1. The van der Waals surface area contributed by atoms with Gasteiger partial charge in [-0.15, -0.1) is 0 Å². The van der Waals surface area contributed by atoms with Crippen LogP contribution in [-0.2, 0) is 4.74 Å². The highest BCUT2D eigenvalue weighted by Gasteiger charge is 2.09.